The lowest BCUT2D eigenvalue weighted by Gasteiger charge is -2.24. The normalized spacial score (nSPS) is 18.2. The van der Waals surface area contributed by atoms with E-state index in [2.05, 4.69) is 0 Å². The molecule has 1 unspecified atom stereocenters. The number of benzene rings is 2. The van der Waals surface area contributed by atoms with Crippen LogP contribution in [0.4, 0.5) is 0 Å². The number of aromatic hydroxyl groups is 1. The van der Waals surface area contributed by atoms with Crippen molar-refractivity contribution in [3.05, 3.63) is 54.1 Å². The molecular weight excluding hydrogens is 342 g/mol. The van der Waals surface area contributed by atoms with Gasteiger partial charge in [-0.1, -0.05) is 24.3 Å². The Morgan fingerprint density at radius 2 is 1.92 bits per heavy atom. The Balaban J connectivity index is 1.77. The molecule has 0 bridgehead atoms. The van der Waals surface area contributed by atoms with Crippen LogP contribution in [0.15, 0.2) is 53.4 Å². The third kappa shape index (κ3) is 3.52. The van der Waals surface area contributed by atoms with Crippen LogP contribution in [0.2, 0.25) is 0 Å². The minimum Gasteiger partial charge on any atom is -0.507 e. The van der Waals surface area contributed by atoms with E-state index in [0.717, 1.165) is 6.42 Å². The summed E-state index contributed by atoms with van der Waals surface area (Å²) in [5, 5.41) is 9.70. The molecule has 0 spiro atoms. The summed E-state index contributed by atoms with van der Waals surface area (Å²) >= 11 is 0. The zero-order valence-corrected chi connectivity index (χ0v) is 14.4. The molecule has 132 valence electrons. The van der Waals surface area contributed by atoms with E-state index in [1.54, 1.807) is 42.5 Å². The van der Waals surface area contributed by atoms with Crippen molar-refractivity contribution in [2.45, 2.75) is 23.8 Å². The van der Waals surface area contributed by atoms with Gasteiger partial charge in [0.25, 0.3) is 0 Å². The molecule has 1 aliphatic rings. The van der Waals surface area contributed by atoms with Crippen molar-refractivity contribution in [2.24, 2.45) is 0 Å². The topological polar surface area (TPSA) is 83.9 Å². The molecule has 7 heteroatoms. The molecule has 1 saturated heterocycles. The zero-order valence-electron chi connectivity index (χ0n) is 13.5. The maximum absolute atomic E-state index is 12.8. The Morgan fingerprint density at radius 3 is 2.64 bits per heavy atom. The summed E-state index contributed by atoms with van der Waals surface area (Å²) in [6.45, 7) is 0.558. The van der Waals surface area contributed by atoms with Crippen molar-refractivity contribution < 1.29 is 23.1 Å². The quantitative estimate of drug-likeness (QED) is 0.799. The maximum Gasteiger partial charge on any atom is 0.243 e. The fourth-order valence-corrected chi connectivity index (χ4v) is 4.68. The van der Waals surface area contributed by atoms with Crippen molar-refractivity contribution >= 4 is 16.3 Å². The first-order chi connectivity index (χ1) is 12.0. The molecule has 6 nitrogen and oxygen atoms in total. The second-order valence-electron chi connectivity index (χ2n) is 5.84. The predicted octanol–water partition coefficient (Wildman–Crippen LogP) is 2.44. The molecule has 0 saturated carbocycles. The molecule has 1 atom stereocenters. The van der Waals surface area contributed by atoms with Crippen LogP contribution in [-0.2, 0) is 10.0 Å². The molecular formula is C18H19NO5S. The van der Waals surface area contributed by atoms with Crippen LogP contribution >= 0.6 is 0 Å². The highest BCUT2D eigenvalue weighted by atomic mass is 32.2. The number of phenols is 1. The number of carbonyl (C=O) groups is 1. The highest BCUT2D eigenvalue weighted by Crippen LogP contribution is 2.29. The van der Waals surface area contributed by atoms with Crippen molar-refractivity contribution in [1.82, 2.24) is 4.31 Å². The fraction of sp³-hybridized carbons (Fsp3) is 0.278. The molecule has 0 radical (unpaired) electrons. The van der Waals surface area contributed by atoms with Crippen LogP contribution in [0.1, 0.15) is 23.2 Å². The van der Waals surface area contributed by atoms with Gasteiger partial charge in [0.1, 0.15) is 18.1 Å². The summed E-state index contributed by atoms with van der Waals surface area (Å²) in [5.74, 6) is 0.0895. The summed E-state index contributed by atoms with van der Waals surface area (Å²) < 4.78 is 32.7. The number of carbonyl (C=O) groups excluding carboxylic acids is 1. The second kappa shape index (κ2) is 7.25. The van der Waals surface area contributed by atoms with Crippen LogP contribution in [0.25, 0.3) is 0 Å². The Morgan fingerprint density at radius 1 is 1.16 bits per heavy atom. The van der Waals surface area contributed by atoms with E-state index in [0.29, 0.717) is 19.3 Å². The number of rotatable bonds is 6. The summed E-state index contributed by atoms with van der Waals surface area (Å²) in [5.41, 5.74) is 0.0676. The van der Waals surface area contributed by atoms with Crippen molar-refractivity contribution in [3.8, 4) is 11.5 Å². The van der Waals surface area contributed by atoms with Gasteiger partial charge in [0.05, 0.1) is 16.5 Å². The molecule has 1 aliphatic heterocycles. The fourth-order valence-electron chi connectivity index (χ4n) is 2.98. The van der Waals surface area contributed by atoms with Gasteiger partial charge in [0.15, 0.2) is 6.29 Å². The number of hydrogen-bond donors (Lipinski definition) is 1. The number of sulfonamides is 1. The zero-order chi connectivity index (χ0) is 17.9. The van der Waals surface area contributed by atoms with Crippen LogP contribution in [-0.4, -0.2) is 43.3 Å². The summed E-state index contributed by atoms with van der Waals surface area (Å²) in [6.07, 6.45) is 1.96. The van der Waals surface area contributed by atoms with E-state index >= 15 is 0 Å². The summed E-state index contributed by atoms with van der Waals surface area (Å²) in [4.78, 5) is 11.4. The van der Waals surface area contributed by atoms with Crippen molar-refractivity contribution in [1.29, 1.82) is 0 Å². The number of aldehydes is 1. The van der Waals surface area contributed by atoms with Crippen LogP contribution in [0.3, 0.4) is 0 Å². The van der Waals surface area contributed by atoms with Gasteiger partial charge < -0.3 is 9.84 Å². The predicted molar refractivity (Wildman–Crippen MR) is 92.3 cm³/mol. The summed E-state index contributed by atoms with van der Waals surface area (Å²) in [7, 11) is -3.58. The van der Waals surface area contributed by atoms with Crippen molar-refractivity contribution in [2.75, 3.05) is 13.2 Å². The van der Waals surface area contributed by atoms with E-state index < -0.39 is 10.0 Å². The van der Waals surface area contributed by atoms with Gasteiger partial charge in [-0.05, 0) is 37.1 Å². The third-order valence-corrected chi connectivity index (χ3v) is 6.23. The number of nitrogens with zero attached hydrogens (tertiary/aromatic N) is 1. The Kier molecular flexibility index (Phi) is 5.06. The molecule has 0 amide bonds. The number of hydrogen-bond acceptors (Lipinski definition) is 5. The lowest BCUT2D eigenvalue weighted by molar-refractivity contribution is 0.111. The number of phenolic OH excluding ortho intramolecular Hbond substituents is 1. The Hall–Kier alpha value is -2.38. The van der Waals surface area contributed by atoms with Crippen LogP contribution < -0.4 is 4.74 Å². The van der Waals surface area contributed by atoms with Gasteiger partial charge in [0, 0.05) is 6.54 Å². The van der Waals surface area contributed by atoms with Gasteiger partial charge >= 0.3 is 0 Å². The molecule has 2 aromatic carbocycles. The van der Waals surface area contributed by atoms with E-state index in [1.807, 2.05) is 0 Å². The van der Waals surface area contributed by atoms with E-state index in [4.69, 9.17) is 4.74 Å². The Bertz CT molecular complexity index is 851. The summed E-state index contributed by atoms with van der Waals surface area (Å²) in [6, 6.07) is 12.5. The highest BCUT2D eigenvalue weighted by Gasteiger charge is 2.35. The molecule has 0 aliphatic carbocycles. The van der Waals surface area contributed by atoms with Gasteiger partial charge in [-0.2, -0.15) is 4.31 Å². The minimum atomic E-state index is -3.58. The average molecular weight is 361 g/mol. The van der Waals surface area contributed by atoms with E-state index in [1.165, 1.54) is 10.4 Å². The minimum absolute atomic E-state index is 0.0676. The highest BCUT2D eigenvalue weighted by molar-refractivity contribution is 7.89. The first-order valence-electron chi connectivity index (χ1n) is 8.01. The largest absolute Gasteiger partial charge is 0.507 e. The third-order valence-electron chi connectivity index (χ3n) is 4.27. The Labute approximate surface area is 146 Å². The molecule has 25 heavy (non-hydrogen) atoms. The first kappa shape index (κ1) is 17.4. The lowest BCUT2D eigenvalue weighted by atomic mass is 10.2. The average Bonchev–Trinajstić information content (AvgIpc) is 3.10. The van der Waals surface area contributed by atoms with Crippen LogP contribution in [0, 0.1) is 0 Å². The molecule has 0 aromatic heterocycles. The SMILES string of the molecule is O=Cc1c(O)cccc1OCC1CCCN1S(=O)(=O)c1ccccc1. The van der Waals surface area contributed by atoms with E-state index in [-0.39, 0.29) is 34.6 Å². The molecule has 2 aromatic rings. The van der Waals surface area contributed by atoms with Gasteiger partial charge in [-0.3, -0.25) is 4.79 Å². The van der Waals surface area contributed by atoms with Gasteiger partial charge in [-0.15, -0.1) is 0 Å². The van der Waals surface area contributed by atoms with Crippen molar-refractivity contribution in [3.63, 3.8) is 0 Å². The van der Waals surface area contributed by atoms with Crippen LogP contribution in [0.5, 0.6) is 11.5 Å². The van der Waals surface area contributed by atoms with Gasteiger partial charge in [0.2, 0.25) is 10.0 Å². The van der Waals surface area contributed by atoms with Gasteiger partial charge in [-0.25, -0.2) is 8.42 Å². The first-order valence-corrected chi connectivity index (χ1v) is 9.45. The van der Waals surface area contributed by atoms with E-state index in [9.17, 15) is 18.3 Å². The lowest BCUT2D eigenvalue weighted by Crippen LogP contribution is -2.39. The molecule has 1 N–H and O–H groups in total. The smallest absolute Gasteiger partial charge is 0.243 e. The molecule has 1 fully saturated rings. The molecule has 3 rings (SSSR count). The number of ether oxygens (including phenoxy) is 1. The maximum atomic E-state index is 12.8. The second-order valence-corrected chi connectivity index (χ2v) is 7.73. The molecule has 1 heterocycles. The standard InChI is InChI=1S/C18H19NO5S/c20-12-16-17(21)9-4-10-18(16)24-13-14-6-5-11-19(14)25(22,23)15-7-2-1-3-8-15/h1-4,7-10,12,14,21H,5-6,11,13H2. The monoisotopic (exact) mass is 361 g/mol.